The van der Waals surface area contributed by atoms with Gasteiger partial charge in [0.1, 0.15) is 9.88 Å². The largest absolute Gasteiger partial charge is 0.342 e. The van der Waals surface area contributed by atoms with Crippen molar-refractivity contribution in [1.29, 1.82) is 0 Å². The first kappa shape index (κ1) is 23.0. The SMILES string of the molecule is Cc1nc(-c2ccccc2)sc1C(=O)NNC(=O)c1ccccc1SCC(=O)N1CCCC1. The molecule has 0 spiro atoms. The Morgan fingerprint density at radius 1 is 0.970 bits per heavy atom. The fraction of sp³-hybridized carbons (Fsp3) is 0.250. The van der Waals surface area contributed by atoms with Gasteiger partial charge in [-0.25, -0.2) is 4.98 Å². The van der Waals surface area contributed by atoms with Crippen molar-refractivity contribution in [3.8, 4) is 10.6 Å². The second kappa shape index (κ2) is 10.6. The van der Waals surface area contributed by atoms with Gasteiger partial charge in [-0.05, 0) is 31.9 Å². The number of likely N-dealkylation sites (tertiary alicyclic amines) is 1. The van der Waals surface area contributed by atoms with Crippen LogP contribution in [-0.4, -0.2) is 46.4 Å². The lowest BCUT2D eigenvalue weighted by molar-refractivity contribution is -0.127. The van der Waals surface area contributed by atoms with Gasteiger partial charge >= 0.3 is 0 Å². The highest BCUT2D eigenvalue weighted by atomic mass is 32.2. The summed E-state index contributed by atoms with van der Waals surface area (Å²) >= 11 is 2.61. The number of nitrogens with one attached hydrogen (secondary N) is 2. The van der Waals surface area contributed by atoms with E-state index < -0.39 is 11.8 Å². The third-order valence-electron chi connectivity index (χ3n) is 5.25. The third kappa shape index (κ3) is 5.61. The minimum atomic E-state index is -0.439. The maximum Gasteiger partial charge on any atom is 0.281 e. The molecule has 3 aromatic rings. The molecule has 0 unspecified atom stereocenters. The average Bonchev–Trinajstić information content (AvgIpc) is 3.52. The van der Waals surface area contributed by atoms with Crippen LogP contribution >= 0.6 is 23.1 Å². The second-order valence-corrected chi connectivity index (χ2v) is 9.60. The molecule has 7 nitrogen and oxygen atoms in total. The molecule has 170 valence electrons. The number of aromatic nitrogens is 1. The zero-order chi connectivity index (χ0) is 23.2. The minimum Gasteiger partial charge on any atom is -0.342 e. The van der Waals surface area contributed by atoms with Crippen molar-refractivity contribution in [3.05, 3.63) is 70.7 Å². The van der Waals surface area contributed by atoms with Crippen molar-refractivity contribution in [2.75, 3.05) is 18.8 Å². The van der Waals surface area contributed by atoms with Crippen LogP contribution in [0.15, 0.2) is 59.5 Å². The Labute approximate surface area is 200 Å². The van der Waals surface area contributed by atoms with Gasteiger partial charge in [0.2, 0.25) is 5.91 Å². The van der Waals surface area contributed by atoms with Crippen LogP contribution in [0, 0.1) is 6.92 Å². The van der Waals surface area contributed by atoms with E-state index in [1.807, 2.05) is 41.3 Å². The molecule has 2 aromatic carbocycles. The lowest BCUT2D eigenvalue weighted by Crippen LogP contribution is -2.41. The maximum absolute atomic E-state index is 12.8. The smallest absolute Gasteiger partial charge is 0.281 e. The highest BCUT2D eigenvalue weighted by Crippen LogP contribution is 2.28. The van der Waals surface area contributed by atoms with Gasteiger partial charge in [0, 0.05) is 23.5 Å². The molecular formula is C24H24N4O3S2. The Hall–Kier alpha value is -3.17. The molecule has 1 saturated heterocycles. The number of aryl methyl sites for hydroxylation is 1. The van der Waals surface area contributed by atoms with Crippen LogP contribution in [0.1, 0.15) is 38.6 Å². The number of hydrogen-bond donors (Lipinski definition) is 2. The van der Waals surface area contributed by atoms with Crippen LogP contribution in [0.25, 0.3) is 10.6 Å². The number of hydrogen-bond acceptors (Lipinski definition) is 6. The van der Waals surface area contributed by atoms with Crippen LogP contribution in [-0.2, 0) is 4.79 Å². The van der Waals surface area contributed by atoms with Crippen molar-refractivity contribution in [1.82, 2.24) is 20.7 Å². The van der Waals surface area contributed by atoms with E-state index in [1.165, 1.54) is 23.1 Å². The Kier molecular flexibility index (Phi) is 7.41. The summed E-state index contributed by atoms with van der Waals surface area (Å²) in [6.07, 6.45) is 2.09. The maximum atomic E-state index is 12.8. The summed E-state index contributed by atoms with van der Waals surface area (Å²) in [5.41, 5.74) is 6.91. The van der Waals surface area contributed by atoms with Crippen molar-refractivity contribution >= 4 is 40.8 Å². The zero-order valence-corrected chi connectivity index (χ0v) is 19.8. The van der Waals surface area contributed by atoms with Crippen molar-refractivity contribution in [3.63, 3.8) is 0 Å². The Bertz CT molecular complexity index is 1160. The molecule has 2 heterocycles. The summed E-state index contributed by atoms with van der Waals surface area (Å²) in [5, 5.41) is 0.744. The van der Waals surface area contributed by atoms with E-state index in [1.54, 1.807) is 25.1 Å². The summed E-state index contributed by atoms with van der Waals surface area (Å²) in [4.78, 5) is 45.3. The number of thiazole rings is 1. The number of amides is 3. The van der Waals surface area contributed by atoms with Gasteiger partial charge in [-0.15, -0.1) is 23.1 Å². The number of hydrazine groups is 1. The fourth-order valence-corrected chi connectivity index (χ4v) is 5.45. The standard InChI is InChI=1S/C24H24N4O3S2/c1-16-21(33-24(25-16)17-9-3-2-4-10-17)23(31)27-26-22(30)18-11-5-6-12-19(18)32-15-20(29)28-13-7-8-14-28/h2-6,9-12H,7-8,13-15H2,1H3,(H,26,30)(H,27,31). The van der Waals surface area contributed by atoms with Crippen LogP contribution in [0.2, 0.25) is 0 Å². The van der Waals surface area contributed by atoms with Gasteiger partial charge in [0.15, 0.2) is 0 Å². The molecule has 3 amide bonds. The molecule has 0 bridgehead atoms. The quantitative estimate of drug-likeness (QED) is 0.412. The van der Waals surface area contributed by atoms with E-state index in [0.717, 1.165) is 36.5 Å². The van der Waals surface area contributed by atoms with Crippen LogP contribution in [0.4, 0.5) is 0 Å². The van der Waals surface area contributed by atoms with E-state index >= 15 is 0 Å². The number of carbonyl (C=O) groups is 3. The summed E-state index contributed by atoms with van der Waals surface area (Å²) in [5.74, 6) is -0.504. The molecule has 1 aromatic heterocycles. The third-order valence-corrected chi connectivity index (χ3v) is 7.52. The van der Waals surface area contributed by atoms with Crippen molar-refractivity contribution in [2.24, 2.45) is 0 Å². The molecule has 1 aliphatic heterocycles. The van der Waals surface area contributed by atoms with E-state index in [2.05, 4.69) is 15.8 Å². The number of rotatable bonds is 6. The van der Waals surface area contributed by atoms with Crippen LogP contribution < -0.4 is 10.9 Å². The molecule has 0 aliphatic carbocycles. The Morgan fingerprint density at radius 2 is 1.64 bits per heavy atom. The summed E-state index contributed by atoms with van der Waals surface area (Å²) < 4.78 is 0. The van der Waals surface area contributed by atoms with Crippen LogP contribution in [0.5, 0.6) is 0 Å². The predicted octanol–water partition coefficient (Wildman–Crippen LogP) is 3.91. The first-order valence-corrected chi connectivity index (χ1v) is 12.5. The molecule has 0 radical (unpaired) electrons. The average molecular weight is 481 g/mol. The van der Waals surface area contributed by atoms with Gasteiger partial charge in [-0.2, -0.15) is 0 Å². The lowest BCUT2D eigenvalue weighted by atomic mass is 10.2. The molecule has 4 rings (SSSR count). The van der Waals surface area contributed by atoms with E-state index in [9.17, 15) is 14.4 Å². The van der Waals surface area contributed by atoms with E-state index in [0.29, 0.717) is 21.0 Å². The fourth-order valence-electron chi connectivity index (χ4n) is 3.53. The number of carbonyl (C=O) groups excluding carboxylic acids is 3. The molecule has 1 aliphatic rings. The highest BCUT2D eigenvalue weighted by Gasteiger charge is 2.20. The topological polar surface area (TPSA) is 91.4 Å². The summed E-state index contributed by atoms with van der Waals surface area (Å²) in [7, 11) is 0. The molecular weight excluding hydrogens is 456 g/mol. The summed E-state index contributed by atoms with van der Waals surface area (Å²) in [6.45, 7) is 3.37. The number of nitrogens with zero attached hydrogens (tertiary/aromatic N) is 2. The molecule has 2 N–H and O–H groups in total. The van der Waals surface area contributed by atoms with Gasteiger partial charge in [-0.1, -0.05) is 42.5 Å². The van der Waals surface area contributed by atoms with Crippen molar-refractivity contribution < 1.29 is 14.4 Å². The van der Waals surface area contributed by atoms with Gasteiger partial charge in [0.25, 0.3) is 11.8 Å². The highest BCUT2D eigenvalue weighted by molar-refractivity contribution is 8.00. The number of thioether (sulfide) groups is 1. The Morgan fingerprint density at radius 3 is 2.39 bits per heavy atom. The number of benzene rings is 2. The van der Waals surface area contributed by atoms with Crippen molar-refractivity contribution in [2.45, 2.75) is 24.7 Å². The Balaban J connectivity index is 1.37. The minimum absolute atomic E-state index is 0.0795. The molecule has 0 atom stereocenters. The predicted molar refractivity (Wildman–Crippen MR) is 130 cm³/mol. The lowest BCUT2D eigenvalue weighted by Gasteiger charge is -2.15. The first-order valence-electron chi connectivity index (χ1n) is 10.7. The van der Waals surface area contributed by atoms with Gasteiger partial charge in [-0.3, -0.25) is 25.2 Å². The molecule has 33 heavy (non-hydrogen) atoms. The monoisotopic (exact) mass is 480 g/mol. The normalized spacial score (nSPS) is 13.1. The van der Waals surface area contributed by atoms with E-state index in [4.69, 9.17) is 0 Å². The van der Waals surface area contributed by atoms with Gasteiger partial charge in [0.05, 0.1) is 17.0 Å². The first-order chi connectivity index (χ1) is 16.0. The molecule has 1 fully saturated rings. The van der Waals surface area contributed by atoms with Gasteiger partial charge < -0.3 is 4.90 Å². The second-order valence-electron chi connectivity index (χ2n) is 7.58. The summed E-state index contributed by atoms with van der Waals surface area (Å²) in [6, 6.07) is 16.7. The molecule has 9 heteroatoms. The van der Waals surface area contributed by atoms with E-state index in [-0.39, 0.29) is 11.7 Å². The molecule has 0 saturated carbocycles. The van der Waals surface area contributed by atoms with Crippen LogP contribution in [0.3, 0.4) is 0 Å². The zero-order valence-electron chi connectivity index (χ0n) is 18.2.